The van der Waals surface area contributed by atoms with Crippen molar-refractivity contribution < 1.29 is 42.9 Å². The number of carbonyl (C=O) groups is 4. The molecule has 1 aromatic heterocycles. The van der Waals surface area contributed by atoms with Crippen molar-refractivity contribution in [3.05, 3.63) is 36.0 Å². The molecule has 3 rings (SSSR count). The summed E-state index contributed by atoms with van der Waals surface area (Å²) in [5.41, 5.74) is 1.93. The molecule has 2 heterocycles. The van der Waals surface area contributed by atoms with E-state index in [1.165, 1.54) is 0 Å². The number of nitrogens with one attached hydrogen (secondary N) is 1. The van der Waals surface area contributed by atoms with Gasteiger partial charge in [-0.1, -0.05) is 39.0 Å². The number of hydrogen-bond acceptors (Lipinski definition) is 9. The van der Waals surface area contributed by atoms with Gasteiger partial charge in [0.15, 0.2) is 12.2 Å². The first-order chi connectivity index (χ1) is 18.8. The lowest BCUT2D eigenvalue weighted by molar-refractivity contribution is -0.294. The van der Waals surface area contributed by atoms with Crippen molar-refractivity contribution in [3.63, 3.8) is 0 Å². The highest BCUT2D eigenvalue weighted by atomic mass is 16.7. The van der Waals surface area contributed by atoms with Crippen molar-refractivity contribution in [2.24, 2.45) is 0 Å². The molecule has 10 heteroatoms. The van der Waals surface area contributed by atoms with Crippen molar-refractivity contribution in [1.29, 1.82) is 0 Å². The fraction of sp³-hybridized carbons (Fsp3) is 0.586. The molecule has 2 aromatic rings. The number of aryl methyl sites for hydroxylation is 1. The lowest BCUT2D eigenvalue weighted by Crippen LogP contribution is -2.61. The zero-order valence-corrected chi connectivity index (χ0v) is 23.1. The van der Waals surface area contributed by atoms with E-state index in [4.69, 9.17) is 23.7 Å². The zero-order chi connectivity index (χ0) is 28.4. The molecule has 5 atom stereocenters. The number of carbonyl (C=O) groups excluding carboxylic acids is 4. The van der Waals surface area contributed by atoms with Crippen molar-refractivity contribution in [3.8, 4) is 0 Å². The van der Waals surface area contributed by atoms with E-state index in [0.29, 0.717) is 25.7 Å². The van der Waals surface area contributed by atoms with Gasteiger partial charge in [-0.2, -0.15) is 0 Å². The van der Waals surface area contributed by atoms with E-state index in [9.17, 15) is 19.2 Å². The Morgan fingerprint density at radius 2 is 1.28 bits per heavy atom. The highest BCUT2D eigenvalue weighted by Crippen LogP contribution is 2.31. The Morgan fingerprint density at radius 3 is 1.90 bits per heavy atom. The first kappa shape index (κ1) is 30.1. The summed E-state index contributed by atoms with van der Waals surface area (Å²) in [6.45, 7) is 7.10. The van der Waals surface area contributed by atoms with Gasteiger partial charge in [-0.3, -0.25) is 19.2 Å². The molecule has 0 bridgehead atoms. The van der Waals surface area contributed by atoms with Gasteiger partial charge in [0.1, 0.15) is 0 Å². The van der Waals surface area contributed by atoms with Crippen LogP contribution < -0.4 is 0 Å². The van der Waals surface area contributed by atoms with Crippen LogP contribution in [0.3, 0.4) is 0 Å². The minimum atomic E-state index is -1.35. The van der Waals surface area contributed by atoms with Crippen LogP contribution >= 0.6 is 0 Å². The first-order valence-electron chi connectivity index (χ1n) is 13.8. The normalized spacial score (nSPS) is 22.7. The van der Waals surface area contributed by atoms with Gasteiger partial charge < -0.3 is 28.7 Å². The molecule has 1 aliphatic rings. The van der Waals surface area contributed by atoms with Crippen LogP contribution in [0.4, 0.5) is 0 Å². The molecular weight excluding hydrogens is 506 g/mol. The molecule has 0 amide bonds. The maximum absolute atomic E-state index is 12.9. The van der Waals surface area contributed by atoms with Gasteiger partial charge in [0.25, 0.3) is 0 Å². The van der Waals surface area contributed by atoms with Crippen LogP contribution in [0.5, 0.6) is 0 Å². The highest BCUT2D eigenvalue weighted by molar-refractivity contribution is 5.83. The number of hydrogen-bond donors (Lipinski definition) is 1. The topological polar surface area (TPSA) is 130 Å². The Morgan fingerprint density at radius 1 is 0.744 bits per heavy atom. The van der Waals surface area contributed by atoms with E-state index in [2.05, 4.69) is 4.98 Å². The van der Waals surface area contributed by atoms with Crippen molar-refractivity contribution >= 4 is 34.8 Å². The van der Waals surface area contributed by atoms with Crippen molar-refractivity contribution in [2.45, 2.75) is 110 Å². The quantitative estimate of drug-likeness (QED) is 0.285. The smallest absolute Gasteiger partial charge is 0.308 e. The lowest BCUT2D eigenvalue weighted by Gasteiger charge is -2.43. The van der Waals surface area contributed by atoms with Crippen LogP contribution in [0, 0.1) is 0 Å². The summed E-state index contributed by atoms with van der Waals surface area (Å²) in [5, 5.41) is 1.01. The molecule has 10 nitrogen and oxygen atoms in total. The Bertz CT molecular complexity index is 1130. The predicted octanol–water partition coefficient (Wildman–Crippen LogP) is 4.52. The Hall–Kier alpha value is -3.40. The summed E-state index contributed by atoms with van der Waals surface area (Å²) in [5.74, 6) is -2.19. The SMILES string of the molecule is CCCC(=O)O[C@@H]1[C@@H](OC(=O)CCC)[C@H](C)O[C@H](OC(=O)CCc2c[nH]c3ccccc23)[C@@H]1OC(=O)CCC. The van der Waals surface area contributed by atoms with Crippen LogP contribution in [-0.4, -0.2) is 59.6 Å². The second kappa shape index (κ2) is 14.7. The summed E-state index contributed by atoms with van der Waals surface area (Å²) < 4.78 is 28.5. The van der Waals surface area contributed by atoms with E-state index in [1.54, 1.807) is 6.92 Å². The number of H-pyrrole nitrogens is 1. The summed E-state index contributed by atoms with van der Waals surface area (Å²) >= 11 is 0. The first-order valence-corrected chi connectivity index (χ1v) is 13.8. The van der Waals surface area contributed by atoms with Crippen molar-refractivity contribution in [1.82, 2.24) is 4.98 Å². The predicted molar refractivity (Wildman–Crippen MR) is 141 cm³/mol. The molecule has 1 saturated heterocycles. The molecule has 0 spiro atoms. The number of fused-ring (bicyclic) bond motifs is 1. The van der Waals surface area contributed by atoms with Crippen LogP contribution in [0.2, 0.25) is 0 Å². The molecule has 1 fully saturated rings. The Balaban J connectivity index is 1.80. The average Bonchev–Trinajstić information content (AvgIpc) is 3.31. The van der Waals surface area contributed by atoms with Crippen LogP contribution in [0.15, 0.2) is 30.5 Å². The van der Waals surface area contributed by atoms with Gasteiger partial charge in [-0.15, -0.1) is 0 Å². The fourth-order valence-electron chi connectivity index (χ4n) is 4.50. The van der Waals surface area contributed by atoms with Gasteiger partial charge in [-0.25, -0.2) is 0 Å². The third kappa shape index (κ3) is 8.29. The number of ether oxygens (including phenoxy) is 5. The summed E-state index contributed by atoms with van der Waals surface area (Å²) in [6.07, 6.45) is -1.42. The van der Waals surface area contributed by atoms with Crippen LogP contribution in [-0.2, 0) is 49.3 Å². The third-order valence-electron chi connectivity index (χ3n) is 6.41. The number of benzene rings is 1. The maximum Gasteiger partial charge on any atom is 0.308 e. The van der Waals surface area contributed by atoms with Crippen LogP contribution in [0.1, 0.15) is 78.2 Å². The minimum absolute atomic E-state index is 0.0426. The lowest BCUT2D eigenvalue weighted by atomic mass is 9.98. The zero-order valence-electron chi connectivity index (χ0n) is 23.1. The van der Waals surface area contributed by atoms with Gasteiger partial charge in [-0.05, 0) is 44.2 Å². The molecule has 0 unspecified atom stereocenters. The second-order valence-electron chi connectivity index (χ2n) is 9.67. The average molecular weight is 546 g/mol. The highest BCUT2D eigenvalue weighted by Gasteiger charge is 2.52. The molecule has 0 radical (unpaired) electrons. The van der Waals surface area contributed by atoms with E-state index in [0.717, 1.165) is 16.5 Å². The molecule has 1 aromatic carbocycles. The third-order valence-corrected chi connectivity index (χ3v) is 6.41. The van der Waals surface area contributed by atoms with E-state index < -0.39 is 54.6 Å². The summed E-state index contributed by atoms with van der Waals surface area (Å²) in [7, 11) is 0. The van der Waals surface area contributed by atoms with E-state index in [1.807, 2.05) is 51.2 Å². The molecule has 214 valence electrons. The standard InChI is InChI=1S/C29H39NO9/c1-5-10-22(31)36-26-18(4)35-29(28(38-24(33)12-7-3)27(26)37-23(32)11-6-2)39-25(34)16-15-19-17-30-21-14-9-8-13-20(19)21/h8-9,13-14,17-18,26-30H,5-7,10-12,15-16H2,1-4H3/t18-,26-,27+,28+,29+/m0/s1. The number of rotatable bonds is 13. The minimum Gasteiger partial charge on any atom is -0.455 e. The summed E-state index contributed by atoms with van der Waals surface area (Å²) in [6, 6.07) is 7.77. The molecule has 0 aliphatic carbocycles. The largest absolute Gasteiger partial charge is 0.455 e. The Labute approximate surface area is 228 Å². The molecule has 39 heavy (non-hydrogen) atoms. The maximum atomic E-state index is 12.9. The number of aromatic amines is 1. The number of esters is 4. The van der Waals surface area contributed by atoms with Gasteiger partial charge in [0, 0.05) is 42.8 Å². The molecular formula is C29H39NO9. The van der Waals surface area contributed by atoms with Gasteiger partial charge in [0.05, 0.1) is 6.10 Å². The fourth-order valence-corrected chi connectivity index (χ4v) is 4.50. The Kier molecular flexibility index (Phi) is 11.3. The monoisotopic (exact) mass is 545 g/mol. The van der Waals surface area contributed by atoms with Crippen LogP contribution in [0.25, 0.3) is 10.9 Å². The van der Waals surface area contributed by atoms with Gasteiger partial charge in [0.2, 0.25) is 12.4 Å². The molecule has 1 aliphatic heterocycles. The molecule has 1 N–H and O–H groups in total. The van der Waals surface area contributed by atoms with Gasteiger partial charge >= 0.3 is 23.9 Å². The second-order valence-corrected chi connectivity index (χ2v) is 9.67. The van der Waals surface area contributed by atoms with Crippen molar-refractivity contribution in [2.75, 3.05) is 0 Å². The van der Waals surface area contributed by atoms with E-state index in [-0.39, 0.29) is 25.7 Å². The van der Waals surface area contributed by atoms with E-state index >= 15 is 0 Å². The summed E-state index contributed by atoms with van der Waals surface area (Å²) in [4.78, 5) is 53.6. The number of aromatic nitrogens is 1. The molecule has 0 saturated carbocycles. The number of para-hydroxylation sites is 1.